The molecule has 2 rings (SSSR count). The van der Waals surface area contributed by atoms with Crippen LogP contribution in [-0.4, -0.2) is 23.4 Å². The van der Waals surface area contributed by atoms with Gasteiger partial charge in [-0.3, -0.25) is 0 Å². The van der Waals surface area contributed by atoms with E-state index in [0.29, 0.717) is 12.2 Å². The normalized spacial score (nSPS) is 10.8. The molecule has 0 atom stereocenters. The molecule has 8 heteroatoms. The average Bonchev–Trinajstić information content (AvgIpc) is 2.78. The van der Waals surface area contributed by atoms with Gasteiger partial charge in [-0.05, 0) is 36.7 Å². The van der Waals surface area contributed by atoms with E-state index < -0.39 is 6.61 Å². The summed E-state index contributed by atoms with van der Waals surface area (Å²) in [6.07, 6.45) is 0. The first-order valence-electron chi connectivity index (χ1n) is 5.31. The maximum atomic E-state index is 12.2. The van der Waals surface area contributed by atoms with Crippen molar-refractivity contribution >= 4 is 11.6 Å². The van der Waals surface area contributed by atoms with E-state index in [1.165, 1.54) is 18.2 Å². The summed E-state index contributed by atoms with van der Waals surface area (Å²) in [4.78, 5) is 3.82. The number of aromatic nitrogens is 2. The zero-order chi connectivity index (χ0) is 13.8. The molecule has 0 aliphatic carbocycles. The Morgan fingerprint density at radius 2 is 2.16 bits per heavy atom. The summed E-state index contributed by atoms with van der Waals surface area (Å²) in [7, 11) is 0. The largest absolute Gasteiger partial charge is 0.490 e. The van der Waals surface area contributed by atoms with Crippen molar-refractivity contribution in [2.75, 3.05) is 6.61 Å². The molecule has 0 radical (unpaired) electrons. The van der Waals surface area contributed by atoms with Gasteiger partial charge in [0.2, 0.25) is 5.82 Å². The number of halogens is 3. The van der Waals surface area contributed by atoms with E-state index in [-0.39, 0.29) is 22.7 Å². The van der Waals surface area contributed by atoms with Crippen molar-refractivity contribution in [1.29, 1.82) is 0 Å². The van der Waals surface area contributed by atoms with Crippen LogP contribution in [-0.2, 0) is 0 Å². The first-order valence-corrected chi connectivity index (χ1v) is 5.69. The molecule has 0 bridgehead atoms. The number of ether oxygens (including phenoxy) is 2. The lowest BCUT2D eigenvalue weighted by Crippen LogP contribution is -2.04. The molecule has 1 aromatic carbocycles. The summed E-state index contributed by atoms with van der Waals surface area (Å²) < 4.78 is 38.7. The number of benzene rings is 1. The summed E-state index contributed by atoms with van der Waals surface area (Å²) in [6.45, 7) is -0.898. The smallest absolute Gasteiger partial charge is 0.387 e. The van der Waals surface area contributed by atoms with Crippen LogP contribution in [0.3, 0.4) is 0 Å². The van der Waals surface area contributed by atoms with Gasteiger partial charge in [0.15, 0.2) is 11.5 Å². The maximum Gasteiger partial charge on any atom is 0.387 e. The Morgan fingerprint density at radius 1 is 1.37 bits per heavy atom. The highest BCUT2D eigenvalue weighted by molar-refractivity contribution is 6.27. The maximum absolute atomic E-state index is 12.2. The third-order valence-electron chi connectivity index (χ3n) is 2.12. The third kappa shape index (κ3) is 3.31. The summed E-state index contributed by atoms with van der Waals surface area (Å²) in [5, 5.41) is 3.50. The van der Waals surface area contributed by atoms with Crippen LogP contribution in [0.25, 0.3) is 11.4 Å². The molecule has 0 aliphatic heterocycles. The van der Waals surface area contributed by atoms with Crippen molar-refractivity contribution in [3.05, 3.63) is 23.5 Å². The predicted octanol–water partition coefficient (Wildman–Crippen LogP) is 3.39. The molecule has 0 N–H and O–H groups in total. The van der Waals surface area contributed by atoms with E-state index in [1.54, 1.807) is 6.92 Å². The lowest BCUT2D eigenvalue weighted by Gasteiger charge is -2.11. The molecule has 1 heterocycles. The van der Waals surface area contributed by atoms with Gasteiger partial charge in [-0.25, -0.2) is 0 Å². The molecule has 2 aromatic rings. The average molecular weight is 291 g/mol. The van der Waals surface area contributed by atoms with Crippen molar-refractivity contribution in [3.63, 3.8) is 0 Å². The lowest BCUT2D eigenvalue weighted by molar-refractivity contribution is -0.0514. The van der Waals surface area contributed by atoms with E-state index in [9.17, 15) is 8.78 Å². The quantitative estimate of drug-likeness (QED) is 0.845. The van der Waals surface area contributed by atoms with E-state index in [0.717, 1.165) is 0 Å². The zero-order valence-corrected chi connectivity index (χ0v) is 10.5. The van der Waals surface area contributed by atoms with E-state index in [4.69, 9.17) is 16.3 Å². The number of nitrogens with zero attached hydrogens (tertiary/aromatic N) is 2. The van der Waals surface area contributed by atoms with Crippen LogP contribution < -0.4 is 9.47 Å². The molecule has 0 aliphatic rings. The van der Waals surface area contributed by atoms with Gasteiger partial charge in [0.25, 0.3) is 0 Å². The topological polar surface area (TPSA) is 57.4 Å². The van der Waals surface area contributed by atoms with Crippen LogP contribution in [0.5, 0.6) is 11.5 Å². The molecule has 0 saturated carbocycles. The summed E-state index contributed by atoms with van der Waals surface area (Å²) >= 11 is 5.52. The standard InChI is InChI=1S/C11H9ClF2N2O3/c1-2-17-8-5-6(9-15-10(12)19-16-9)3-4-7(8)18-11(13)14/h3-5,11H,2H2,1H3. The first-order chi connectivity index (χ1) is 9.10. The van der Waals surface area contributed by atoms with Crippen molar-refractivity contribution in [1.82, 2.24) is 10.1 Å². The summed E-state index contributed by atoms with van der Waals surface area (Å²) in [5.74, 6) is 0.339. The van der Waals surface area contributed by atoms with Gasteiger partial charge in [-0.15, -0.1) is 0 Å². The van der Waals surface area contributed by atoms with Gasteiger partial charge in [0.05, 0.1) is 6.61 Å². The van der Waals surface area contributed by atoms with Crippen LogP contribution in [0.15, 0.2) is 22.7 Å². The molecule has 0 spiro atoms. The van der Waals surface area contributed by atoms with E-state index in [2.05, 4.69) is 19.4 Å². The second-order valence-electron chi connectivity index (χ2n) is 3.34. The number of hydrogen-bond acceptors (Lipinski definition) is 5. The van der Waals surface area contributed by atoms with Gasteiger partial charge < -0.3 is 14.0 Å². The minimum Gasteiger partial charge on any atom is -0.490 e. The fraction of sp³-hybridized carbons (Fsp3) is 0.273. The Balaban J connectivity index is 2.35. The SMILES string of the molecule is CCOc1cc(-c2noc(Cl)n2)ccc1OC(F)F. The van der Waals surface area contributed by atoms with Gasteiger partial charge in [0, 0.05) is 5.56 Å². The van der Waals surface area contributed by atoms with E-state index in [1.807, 2.05) is 0 Å². The second kappa shape index (κ2) is 5.83. The Labute approximate surface area is 112 Å². The highest BCUT2D eigenvalue weighted by Crippen LogP contribution is 2.33. The predicted molar refractivity (Wildman–Crippen MR) is 62.5 cm³/mol. The number of rotatable bonds is 5. The Kier molecular flexibility index (Phi) is 4.16. The highest BCUT2D eigenvalue weighted by Gasteiger charge is 2.14. The Bertz CT molecular complexity index is 563. The van der Waals surface area contributed by atoms with Crippen molar-refractivity contribution < 1.29 is 22.8 Å². The molecule has 19 heavy (non-hydrogen) atoms. The van der Waals surface area contributed by atoms with Gasteiger partial charge in [-0.2, -0.15) is 13.8 Å². The highest BCUT2D eigenvalue weighted by atomic mass is 35.5. The van der Waals surface area contributed by atoms with Crippen LogP contribution in [0, 0.1) is 0 Å². The van der Waals surface area contributed by atoms with Crippen LogP contribution >= 0.6 is 11.6 Å². The monoisotopic (exact) mass is 290 g/mol. The fourth-order valence-corrected chi connectivity index (χ4v) is 1.55. The van der Waals surface area contributed by atoms with Crippen LogP contribution in [0.4, 0.5) is 8.78 Å². The molecule has 0 amide bonds. The third-order valence-corrected chi connectivity index (χ3v) is 2.27. The van der Waals surface area contributed by atoms with E-state index >= 15 is 0 Å². The number of hydrogen-bond donors (Lipinski definition) is 0. The van der Waals surface area contributed by atoms with Gasteiger partial charge in [0.1, 0.15) is 0 Å². The van der Waals surface area contributed by atoms with Crippen molar-refractivity contribution in [2.45, 2.75) is 13.5 Å². The zero-order valence-electron chi connectivity index (χ0n) is 9.77. The van der Waals surface area contributed by atoms with Crippen LogP contribution in [0.1, 0.15) is 6.92 Å². The molecule has 102 valence electrons. The Hall–Kier alpha value is -1.89. The minimum absolute atomic E-state index is 0.0600. The number of alkyl halides is 2. The molecule has 0 saturated heterocycles. The molecule has 0 fully saturated rings. The van der Waals surface area contributed by atoms with Crippen molar-refractivity contribution in [3.8, 4) is 22.9 Å². The minimum atomic E-state index is -2.93. The molecular formula is C11H9ClF2N2O3. The van der Waals surface area contributed by atoms with Gasteiger partial charge >= 0.3 is 12.0 Å². The molecule has 0 unspecified atom stereocenters. The molecule has 1 aromatic heterocycles. The first kappa shape index (κ1) is 13.5. The molecule has 5 nitrogen and oxygen atoms in total. The van der Waals surface area contributed by atoms with Crippen molar-refractivity contribution in [2.24, 2.45) is 0 Å². The summed E-state index contributed by atoms with van der Waals surface area (Å²) in [6, 6.07) is 4.32. The van der Waals surface area contributed by atoms with Gasteiger partial charge in [-0.1, -0.05) is 5.16 Å². The lowest BCUT2D eigenvalue weighted by atomic mass is 10.2. The summed E-state index contributed by atoms with van der Waals surface area (Å²) in [5.41, 5.74) is 0.515. The fourth-order valence-electron chi connectivity index (χ4n) is 1.43. The molecular weight excluding hydrogens is 282 g/mol. The second-order valence-corrected chi connectivity index (χ2v) is 3.67. The van der Waals surface area contributed by atoms with Crippen LogP contribution in [0.2, 0.25) is 5.35 Å². The Morgan fingerprint density at radius 3 is 2.74 bits per heavy atom.